The maximum atomic E-state index is 13.7. The SMILES string of the molecule is CCCOc1ccc(C2C(=O)N(C3CCC(C)CC3)CC(=O)N2C2CC2)cc1OC. The summed E-state index contributed by atoms with van der Waals surface area (Å²) < 4.78 is 11.3. The molecular formula is C24H34N2O4. The smallest absolute Gasteiger partial charge is 0.250 e. The third kappa shape index (κ3) is 4.14. The highest BCUT2D eigenvalue weighted by atomic mass is 16.5. The first-order valence-electron chi connectivity index (χ1n) is 11.5. The molecule has 0 bridgehead atoms. The van der Waals surface area contributed by atoms with Crippen molar-refractivity contribution in [2.75, 3.05) is 20.3 Å². The Balaban J connectivity index is 1.64. The number of piperazine rings is 1. The molecule has 0 aromatic heterocycles. The minimum Gasteiger partial charge on any atom is -0.493 e. The summed E-state index contributed by atoms with van der Waals surface area (Å²) in [4.78, 5) is 30.6. The van der Waals surface area contributed by atoms with Gasteiger partial charge in [0.2, 0.25) is 5.91 Å². The first-order valence-corrected chi connectivity index (χ1v) is 11.5. The third-order valence-corrected chi connectivity index (χ3v) is 6.72. The molecule has 0 spiro atoms. The molecule has 30 heavy (non-hydrogen) atoms. The van der Waals surface area contributed by atoms with E-state index < -0.39 is 6.04 Å². The average Bonchev–Trinajstić information content (AvgIpc) is 3.59. The lowest BCUT2D eigenvalue weighted by Gasteiger charge is -2.45. The van der Waals surface area contributed by atoms with E-state index in [1.807, 2.05) is 28.0 Å². The van der Waals surface area contributed by atoms with Crippen LogP contribution in [0.1, 0.15) is 70.4 Å². The van der Waals surface area contributed by atoms with Crippen molar-refractivity contribution in [3.05, 3.63) is 23.8 Å². The van der Waals surface area contributed by atoms with E-state index in [-0.39, 0.29) is 30.4 Å². The maximum Gasteiger partial charge on any atom is 0.250 e. The Hall–Kier alpha value is -2.24. The number of hydrogen-bond donors (Lipinski definition) is 0. The van der Waals surface area contributed by atoms with Gasteiger partial charge < -0.3 is 19.3 Å². The van der Waals surface area contributed by atoms with Gasteiger partial charge in [-0.2, -0.15) is 0 Å². The van der Waals surface area contributed by atoms with Gasteiger partial charge in [-0.3, -0.25) is 9.59 Å². The lowest BCUT2D eigenvalue weighted by Crippen LogP contribution is -2.59. The molecule has 6 heteroatoms. The second-order valence-corrected chi connectivity index (χ2v) is 9.07. The molecule has 0 radical (unpaired) electrons. The molecule has 2 saturated carbocycles. The molecule has 3 aliphatic rings. The summed E-state index contributed by atoms with van der Waals surface area (Å²) in [6.45, 7) is 5.16. The first kappa shape index (κ1) is 21.0. The molecule has 1 saturated heterocycles. The van der Waals surface area contributed by atoms with Crippen LogP contribution in [-0.2, 0) is 9.59 Å². The number of hydrogen-bond acceptors (Lipinski definition) is 4. The number of ether oxygens (including phenoxy) is 2. The Kier molecular flexibility index (Phi) is 6.21. The minimum atomic E-state index is -0.563. The number of rotatable bonds is 7. The van der Waals surface area contributed by atoms with Crippen molar-refractivity contribution in [1.82, 2.24) is 9.80 Å². The van der Waals surface area contributed by atoms with E-state index in [4.69, 9.17) is 9.47 Å². The molecule has 164 valence electrons. The van der Waals surface area contributed by atoms with E-state index in [1.54, 1.807) is 7.11 Å². The van der Waals surface area contributed by atoms with Gasteiger partial charge in [0.05, 0.1) is 13.7 Å². The van der Waals surface area contributed by atoms with Crippen LogP contribution in [0.4, 0.5) is 0 Å². The summed E-state index contributed by atoms with van der Waals surface area (Å²) in [5, 5.41) is 0. The molecule has 2 aliphatic carbocycles. The summed E-state index contributed by atoms with van der Waals surface area (Å²) >= 11 is 0. The van der Waals surface area contributed by atoms with Gasteiger partial charge in [0, 0.05) is 12.1 Å². The standard InChI is InChI=1S/C24H34N2O4/c1-4-13-30-20-12-7-17(14-21(20)29-3)23-24(28)25(18-8-5-16(2)6-9-18)15-22(27)26(23)19-10-11-19/h7,12,14,16,18-19,23H,4-6,8-11,13,15H2,1-3H3. The zero-order valence-electron chi connectivity index (χ0n) is 18.4. The maximum absolute atomic E-state index is 13.7. The van der Waals surface area contributed by atoms with Gasteiger partial charge in [-0.25, -0.2) is 0 Å². The zero-order chi connectivity index (χ0) is 21.3. The van der Waals surface area contributed by atoms with Crippen molar-refractivity contribution in [2.45, 2.75) is 76.9 Å². The molecule has 1 aromatic rings. The topological polar surface area (TPSA) is 59.1 Å². The third-order valence-electron chi connectivity index (χ3n) is 6.72. The number of amides is 2. The van der Waals surface area contributed by atoms with Crippen molar-refractivity contribution in [3.63, 3.8) is 0 Å². The van der Waals surface area contributed by atoms with E-state index >= 15 is 0 Å². The molecule has 1 heterocycles. The minimum absolute atomic E-state index is 0.0605. The molecule has 1 atom stereocenters. The monoisotopic (exact) mass is 414 g/mol. The summed E-state index contributed by atoms with van der Waals surface area (Å²) in [6.07, 6.45) is 7.09. The van der Waals surface area contributed by atoms with Gasteiger partial charge in [-0.1, -0.05) is 19.9 Å². The average molecular weight is 415 g/mol. The first-order chi connectivity index (χ1) is 14.5. The Morgan fingerprint density at radius 2 is 1.70 bits per heavy atom. The molecule has 0 N–H and O–H groups in total. The van der Waals surface area contributed by atoms with Crippen molar-refractivity contribution < 1.29 is 19.1 Å². The van der Waals surface area contributed by atoms with Crippen LogP contribution < -0.4 is 9.47 Å². The van der Waals surface area contributed by atoms with E-state index in [2.05, 4.69) is 13.8 Å². The number of methoxy groups -OCH3 is 1. The van der Waals surface area contributed by atoms with E-state index in [1.165, 1.54) is 0 Å². The molecule has 3 fully saturated rings. The zero-order valence-corrected chi connectivity index (χ0v) is 18.4. The van der Waals surface area contributed by atoms with Gasteiger partial charge in [-0.15, -0.1) is 0 Å². The van der Waals surface area contributed by atoms with E-state index in [0.29, 0.717) is 24.0 Å². The highest BCUT2D eigenvalue weighted by Crippen LogP contribution is 2.41. The van der Waals surface area contributed by atoms with Crippen LogP contribution in [0.3, 0.4) is 0 Å². The van der Waals surface area contributed by atoms with Crippen LogP contribution in [0.2, 0.25) is 0 Å². The predicted octanol–water partition coefficient (Wildman–Crippen LogP) is 3.94. The molecule has 6 nitrogen and oxygen atoms in total. The van der Waals surface area contributed by atoms with Crippen LogP contribution in [0.25, 0.3) is 0 Å². The van der Waals surface area contributed by atoms with Crippen LogP contribution >= 0.6 is 0 Å². The Labute approximate surface area is 179 Å². The molecule has 1 aliphatic heterocycles. The van der Waals surface area contributed by atoms with Crippen molar-refractivity contribution in [2.24, 2.45) is 5.92 Å². The van der Waals surface area contributed by atoms with Gasteiger partial charge >= 0.3 is 0 Å². The van der Waals surface area contributed by atoms with Crippen LogP contribution in [-0.4, -0.2) is 54.0 Å². The number of nitrogens with zero attached hydrogens (tertiary/aromatic N) is 2. The second kappa shape index (κ2) is 8.86. The van der Waals surface area contributed by atoms with Crippen LogP contribution in [0.5, 0.6) is 11.5 Å². The lowest BCUT2D eigenvalue weighted by molar-refractivity contribution is -0.160. The summed E-state index contributed by atoms with van der Waals surface area (Å²) in [5.41, 5.74) is 0.815. The number of carbonyl (C=O) groups is 2. The van der Waals surface area contributed by atoms with Crippen LogP contribution in [0.15, 0.2) is 18.2 Å². The number of benzene rings is 1. The van der Waals surface area contributed by atoms with Gasteiger partial charge in [-0.05, 0) is 68.6 Å². The predicted molar refractivity (Wildman–Crippen MR) is 115 cm³/mol. The fourth-order valence-corrected chi connectivity index (χ4v) is 4.84. The fraction of sp³-hybridized carbons (Fsp3) is 0.667. The Bertz CT molecular complexity index is 783. The second-order valence-electron chi connectivity index (χ2n) is 9.07. The summed E-state index contributed by atoms with van der Waals surface area (Å²) in [6, 6.07) is 5.46. The highest BCUT2D eigenvalue weighted by Gasteiger charge is 2.48. The van der Waals surface area contributed by atoms with Gasteiger partial charge in [0.1, 0.15) is 12.6 Å². The van der Waals surface area contributed by atoms with Crippen molar-refractivity contribution in [3.8, 4) is 11.5 Å². The van der Waals surface area contributed by atoms with Gasteiger partial charge in [0.15, 0.2) is 11.5 Å². The quantitative estimate of drug-likeness (QED) is 0.678. The molecule has 2 amide bonds. The number of carbonyl (C=O) groups excluding carboxylic acids is 2. The normalized spacial score (nSPS) is 27.4. The molecular weight excluding hydrogens is 380 g/mol. The Morgan fingerprint density at radius 1 is 1.00 bits per heavy atom. The molecule has 1 unspecified atom stereocenters. The lowest BCUT2D eigenvalue weighted by atomic mass is 9.85. The summed E-state index contributed by atoms with van der Waals surface area (Å²) in [7, 11) is 1.61. The van der Waals surface area contributed by atoms with E-state index in [9.17, 15) is 9.59 Å². The highest BCUT2D eigenvalue weighted by molar-refractivity contribution is 5.96. The fourth-order valence-electron chi connectivity index (χ4n) is 4.84. The molecule has 4 rings (SSSR count). The Morgan fingerprint density at radius 3 is 2.33 bits per heavy atom. The largest absolute Gasteiger partial charge is 0.493 e. The summed E-state index contributed by atoms with van der Waals surface area (Å²) in [5.74, 6) is 2.13. The van der Waals surface area contributed by atoms with Crippen molar-refractivity contribution >= 4 is 11.8 Å². The van der Waals surface area contributed by atoms with Crippen molar-refractivity contribution in [1.29, 1.82) is 0 Å². The van der Waals surface area contributed by atoms with Crippen LogP contribution in [0, 0.1) is 5.92 Å². The van der Waals surface area contributed by atoms with Gasteiger partial charge in [0.25, 0.3) is 5.91 Å². The van der Waals surface area contributed by atoms with E-state index in [0.717, 1.165) is 50.5 Å². The molecule has 1 aromatic carbocycles.